The molecule has 1 saturated heterocycles. The third kappa shape index (κ3) is 2.30. The minimum absolute atomic E-state index is 0.151. The summed E-state index contributed by atoms with van der Waals surface area (Å²) in [6, 6.07) is 4.81. The molecule has 1 aliphatic carbocycles. The van der Waals surface area contributed by atoms with Gasteiger partial charge in [-0.05, 0) is 43.5 Å². The first-order chi connectivity index (χ1) is 9.17. The van der Waals surface area contributed by atoms with Crippen molar-refractivity contribution in [2.24, 2.45) is 5.92 Å². The lowest BCUT2D eigenvalue weighted by atomic mass is 10.1. The fourth-order valence-corrected chi connectivity index (χ4v) is 3.07. The highest BCUT2D eigenvalue weighted by Crippen LogP contribution is 2.31. The summed E-state index contributed by atoms with van der Waals surface area (Å²) in [5, 5.41) is 6.37. The predicted octanol–water partition coefficient (Wildman–Crippen LogP) is 1.31. The minimum atomic E-state index is -0.513. The molecule has 5 heteroatoms. The SMILES string of the molecule is COc1ccc(C(=O)N[C@@H]2C[C@H]3CN[C@@H]2C3)cc1F. The number of nitrogens with one attached hydrogen (secondary N) is 2. The lowest BCUT2D eigenvalue weighted by molar-refractivity contribution is 0.0928. The first-order valence-electron chi connectivity index (χ1n) is 6.55. The zero-order valence-electron chi connectivity index (χ0n) is 10.8. The largest absolute Gasteiger partial charge is 0.494 e. The molecule has 1 amide bonds. The average Bonchev–Trinajstić information content (AvgIpc) is 3.00. The van der Waals surface area contributed by atoms with Crippen LogP contribution in [0.15, 0.2) is 18.2 Å². The first kappa shape index (κ1) is 12.4. The summed E-state index contributed by atoms with van der Waals surface area (Å²) in [6.07, 6.45) is 2.14. The molecule has 2 bridgehead atoms. The van der Waals surface area contributed by atoms with Crippen molar-refractivity contribution in [3.63, 3.8) is 0 Å². The van der Waals surface area contributed by atoms with Crippen LogP contribution >= 0.6 is 0 Å². The summed E-state index contributed by atoms with van der Waals surface area (Å²) in [6.45, 7) is 1.05. The van der Waals surface area contributed by atoms with E-state index in [1.807, 2.05) is 0 Å². The Hall–Kier alpha value is -1.62. The molecule has 0 radical (unpaired) electrons. The Bertz CT molecular complexity index is 506. The Labute approximate surface area is 111 Å². The predicted molar refractivity (Wildman–Crippen MR) is 68.7 cm³/mol. The van der Waals surface area contributed by atoms with Crippen LogP contribution in [-0.4, -0.2) is 31.6 Å². The van der Waals surface area contributed by atoms with Crippen molar-refractivity contribution in [3.8, 4) is 5.75 Å². The van der Waals surface area contributed by atoms with E-state index in [-0.39, 0.29) is 17.7 Å². The molecule has 19 heavy (non-hydrogen) atoms. The quantitative estimate of drug-likeness (QED) is 0.865. The lowest BCUT2D eigenvalue weighted by Gasteiger charge is -2.24. The van der Waals surface area contributed by atoms with Crippen LogP contribution in [-0.2, 0) is 0 Å². The summed E-state index contributed by atoms with van der Waals surface area (Å²) >= 11 is 0. The molecule has 1 aliphatic heterocycles. The van der Waals surface area contributed by atoms with Gasteiger partial charge < -0.3 is 15.4 Å². The summed E-state index contributed by atoms with van der Waals surface area (Å²) in [5.74, 6) is 0.0863. The second-order valence-electron chi connectivity index (χ2n) is 5.28. The Morgan fingerprint density at radius 3 is 2.89 bits per heavy atom. The molecule has 1 saturated carbocycles. The van der Waals surface area contributed by atoms with Gasteiger partial charge in [0.05, 0.1) is 7.11 Å². The maximum absolute atomic E-state index is 13.6. The van der Waals surface area contributed by atoms with Gasteiger partial charge in [-0.25, -0.2) is 4.39 Å². The van der Waals surface area contributed by atoms with Crippen molar-refractivity contribution in [1.82, 2.24) is 10.6 Å². The van der Waals surface area contributed by atoms with Gasteiger partial charge in [-0.15, -0.1) is 0 Å². The van der Waals surface area contributed by atoms with E-state index in [0.717, 1.165) is 19.4 Å². The third-order valence-corrected chi connectivity index (χ3v) is 4.06. The molecule has 102 valence electrons. The number of fused-ring (bicyclic) bond motifs is 2. The van der Waals surface area contributed by atoms with Crippen molar-refractivity contribution in [1.29, 1.82) is 0 Å². The van der Waals surface area contributed by atoms with Gasteiger partial charge in [-0.3, -0.25) is 4.79 Å². The van der Waals surface area contributed by atoms with Crippen molar-refractivity contribution >= 4 is 5.91 Å². The van der Waals surface area contributed by atoms with E-state index in [4.69, 9.17) is 4.74 Å². The molecule has 1 heterocycles. The molecule has 3 rings (SSSR count). The zero-order valence-corrected chi connectivity index (χ0v) is 10.8. The molecular weight excluding hydrogens is 247 g/mol. The summed E-state index contributed by atoms with van der Waals surface area (Å²) in [7, 11) is 1.40. The first-order valence-corrected chi connectivity index (χ1v) is 6.55. The van der Waals surface area contributed by atoms with E-state index in [2.05, 4.69) is 10.6 Å². The van der Waals surface area contributed by atoms with Crippen LogP contribution in [0.25, 0.3) is 0 Å². The number of amides is 1. The maximum atomic E-state index is 13.6. The average molecular weight is 264 g/mol. The van der Waals surface area contributed by atoms with E-state index in [1.165, 1.54) is 19.2 Å². The second kappa shape index (κ2) is 4.81. The molecule has 2 fully saturated rings. The van der Waals surface area contributed by atoms with Crippen LogP contribution in [0, 0.1) is 11.7 Å². The Morgan fingerprint density at radius 1 is 1.47 bits per heavy atom. The molecule has 2 aliphatic rings. The number of carbonyl (C=O) groups excluding carboxylic acids is 1. The number of benzene rings is 1. The molecule has 1 aromatic carbocycles. The third-order valence-electron chi connectivity index (χ3n) is 4.06. The lowest BCUT2D eigenvalue weighted by Crippen LogP contribution is -2.47. The van der Waals surface area contributed by atoms with E-state index < -0.39 is 5.82 Å². The zero-order chi connectivity index (χ0) is 13.4. The Balaban J connectivity index is 1.69. The molecule has 2 N–H and O–H groups in total. The van der Waals surface area contributed by atoms with Crippen molar-refractivity contribution in [3.05, 3.63) is 29.6 Å². The Morgan fingerprint density at radius 2 is 2.32 bits per heavy atom. The number of hydrogen-bond donors (Lipinski definition) is 2. The summed E-state index contributed by atoms with van der Waals surface area (Å²) < 4.78 is 18.4. The van der Waals surface area contributed by atoms with Crippen LogP contribution < -0.4 is 15.4 Å². The summed E-state index contributed by atoms with van der Waals surface area (Å²) in [4.78, 5) is 12.1. The van der Waals surface area contributed by atoms with E-state index >= 15 is 0 Å². The van der Waals surface area contributed by atoms with Crippen molar-refractivity contribution in [2.45, 2.75) is 24.9 Å². The standard InChI is InChI=1S/C14H17FN2O2/c1-19-13-3-2-9(6-10(13)15)14(18)17-12-5-8-4-11(12)16-7-8/h2-3,6,8,11-12,16H,4-5,7H2,1H3,(H,17,18)/t8-,11+,12+/m0/s1. The molecule has 3 atom stereocenters. The number of methoxy groups -OCH3 is 1. The number of piperidine rings is 1. The van der Waals surface area contributed by atoms with Gasteiger partial charge in [0.15, 0.2) is 11.6 Å². The molecular formula is C14H17FN2O2. The maximum Gasteiger partial charge on any atom is 0.251 e. The highest BCUT2D eigenvalue weighted by molar-refractivity contribution is 5.94. The monoisotopic (exact) mass is 264 g/mol. The number of hydrogen-bond acceptors (Lipinski definition) is 3. The number of halogens is 1. The van der Waals surface area contributed by atoms with E-state index in [0.29, 0.717) is 17.5 Å². The van der Waals surface area contributed by atoms with Crippen LogP contribution in [0.5, 0.6) is 5.75 Å². The van der Waals surface area contributed by atoms with Gasteiger partial charge in [0.1, 0.15) is 0 Å². The van der Waals surface area contributed by atoms with Crippen molar-refractivity contribution in [2.75, 3.05) is 13.7 Å². The van der Waals surface area contributed by atoms with Gasteiger partial charge >= 0.3 is 0 Å². The topological polar surface area (TPSA) is 50.4 Å². The van der Waals surface area contributed by atoms with Gasteiger partial charge in [0, 0.05) is 17.6 Å². The van der Waals surface area contributed by atoms with Crippen molar-refractivity contribution < 1.29 is 13.9 Å². The normalized spacial score (nSPS) is 28.4. The summed E-state index contributed by atoms with van der Waals surface area (Å²) in [5.41, 5.74) is 0.334. The van der Waals surface area contributed by atoms with Crippen LogP contribution in [0.1, 0.15) is 23.2 Å². The number of rotatable bonds is 3. The molecule has 1 aromatic rings. The highest BCUT2D eigenvalue weighted by atomic mass is 19.1. The van der Waals surface area contributed by atoms with Gasteiger partial charge in [-0.1, -0.05) is 0 Å². The number of ether oxygens (including phenoxy) is 1. The van der Waals surface area contributed by atoms with Gasteiger partial charge in [0.2, 0.25) is 0 Å². The Kier molecular flexibility index (Phi) is 3.14. The fourth-order valence-electron chi connectivity index (χ4n) is 3.07. The molecule has 4 nitrogen and oxygen atoms in total. The van der Waals surface area contributed by atoms with Crippen LogP contribution in [0.3, 0.4) is 0 Å². The number of carbonyl (C=O) groups is 1. The minimum Gasteiger partial charge on any atom is -0.494 e. The fraction of sp³-hybridized carbons (Fsp3) is 0.500. The smallest absolute Gasteiger partial charge is 0.251 e. The van der Waals surface area contributed by atoms with Gasteiger partial charge in [-0.2, -0.15) is 0 Å². The highest BCUT2D eigenvalue weighted by Gasteiger charge is 2.40. The van der Waals surface area contributed by atoms with E-state index in [9.17, 15) is 9.18 Å². The van der Waals surface area contributed by atoms with Gasteiger partial charge in [0.25, 0.3) is 5.91 Å². The second-order valence-corrected chi connectivity index (χ2v) is 5.28. The molecule has 0 spiro atoms. The van der Waals surface area contributed by atoms with E-state index in [1.54, 1.807) is 6.07 Å². The molecule has 0 aromatic heterocycles. The van der Waals surface area contributed by atoms with Crippen LogP contribution in [0.2, 0.25) is 0 Å². The molecule has 0 unspecified atom stereocenters. The van der Waals surface area contributed by atoms with Crippen LogP contribution in [0.4, 0.5) is 4.39 Å².